The summed E-state index contributed by atoms with van der Waals surface area (Å²) in [7, 11) is 0. The van der Waals surface area contributed by atoms with Crippen LogP contribution in [0.3, 0.4) is 0 Å². The number of ether oxygens (including phenoxy) is 1. The first-order chi connectivity index (χ1) is 12.1. The van der Waals surface area contributed by atoms with Crippen LogP contribution in [-0.4, -0.2) is 18.0 Å². The summed E-state index contributed by atoms with van der Waals surface area (Å²) in [5.41, 5.74) is -0.213. The minimum Gasteiger partial charge on any atom is -0.448 e. The van der Waals surface area contributed by atoms with Gasteiger partial charge in [0.25, 0.3) is 5.91 Å². The summed E-state index contributed by atoms with van der Waals surface area (Å²) in [5, 5.41) is 2.24. The molecule has 136 valence electrons. The molecule has 0 saturated carbocycles. The fourth-order valence-corrected chi connectivity index (χ4v) is 3.09. The van der Waals surface area contributed by atoms with Gasteiger partial charge >= 0.3 is 12.1 Å². The normalized spacial score (nSPS) is 16.7. The lowest BCUT2D eigenvalue weighted by Gasteiger charge is -2.24. The summed E-state index contributed by atoms with van der Waals surface area (Å²) in [6.45, 7) is 0. The van der Waals surface area contributed by atoms with Gasteiger partial charge in [0.1, 0.15) is 0 Å². The number of fused-ring (bicyclic) bond motifs is 1. The highest BCUT2D eigenvalue weighted by Gasteiger charge is 2.33. The van der Waals surface area contributed by atoms with Crippen molar-refractivity contribution in [3.63, 3.8) is 0 Å². The van der Waals surface area contributed by atoms with Crippen molar-refractivity contribution in [3.8, 4) is 0 Å². The molecule has 0 bridgehead atoms. The van der Waals surface area contributed by atoms with Gasteiger partial charge in [-0.15, -0.1) is 0 Å². The van der Waals surface area contributed by atoms with Crippen LogP contribution in [0, 0.1) is 0 Å². The van der Waals surface area contributed by atoms with Crippen molar-refractivity contribution in [3.05, 3.63) is 62.6 Å². The molecule has 0 spiro atoms. The van der Waals surface area contributed by atoms with Crippen LogP contribution in [0.2, 0.25) is 5.02 Å². The highest BCUT2D eigenvalue weighted by molar-refractivity contribution is 9.10. The maximum Gasteiger partial charge on any atom is 0.416 e. The van der Waals surface area contributed by atoms with Gasteiger partial charge in [0.2, 0.25) is 0 Å². The van der Waals surface area contributed by atoms with E-state index in [1.54, 1.807) is 18.2 Å². The predicted octanol–water partition coefficient (Wildman–Crippen LogP) is 4.84. The number of nitrogens with one attached hydrogen (secondary N) is 1. The minimum absolute atomic E-state index is 0.0587. The quantitative estimate of drug-likeness (QED) is 0.669. The number of carbonyl (C=O) groups excluding carboxylic acids is 2. The van der Waals surface area contributed by atoms with Gasteiger partial charge in [-0.1, -0.05) is 27.5 Å². The Balaban J connectivity index is 1.82. The van der Waals surface area contributed by atoms with Gasteiger partial charge in [0.05, 0.1) is 21.8 Å². The van der Waals surface area contributed by atoms with E-state index >= 15 is 0 Å². The van der Waals surface area contributed by atoms with Crippen molar-refractivity contribution >= 4 is 45.1 Å². The standard InChI is InChI=1S/C17H10BrClF3NO3/c18-10-2-3-11-8(5-10)6-14(26-16(11)25)15(24)23-13-7-9(17(20,21)22)1-4-12(13)19/h1-5,7,14H,6H2,(H,23,24). The molecule has 0 aliphatic carbocycles. The second kappa shape index (κ2) is 6.92. The fraction of sp³-hybridized carbons (Fsp3) is 0.176. The van der Waals surface area contributed by atoms with Crippen LogP contribution in [0.4, 0.5) is 18.9 Å². The lowest BCUT2D eigenvalue weighted by Crippen LogP contribution is -2.38. The first-order valence-electron chi connectivity index (χ1n) is 7.32. The first kappa shape index (κ1) is 18.7. The number of amides is 1. The van der Waals surface area contributed by atoms with E-state index < -0.39 is 29.7 Å². The third-order valence-corrected chi connectivity index (χ3v) is 4.61. The Morgan fingerprint density at radius 3 is 2.65 bits per heavy atom. The molecule has 1 aliphatic heterocycles. The molecule has 1 atom stereocenters. The molecule has 1 amide bonds. The van der Waals surface area contributed by atoms with E-state index in [2.05, 4.69) is 21.2 Å². The smallest absolute Gasteiger partial charge is 0.416 e. The number of carbonyl (C=O) groups is 2. The molecular formula is C17H10BrClF3NO3. The van der Waals surface area contributed by atoms with E-state index in [1.165, 1.54) is 0 Å². The van der Waals surface area contributed by atoms with E-state index in [0.717, 1.165) is 22.7 Å². The van der Waals surface area contributed by atoms with E-state index in [4.69, 9.17) is 16.3 Å². The van der Waals surface area contributed by atoms with Crippen LogP contribution in [0.1, 0.15) is 21.5 Å². The summed E-state index contributed by atoms with van der Waals surface area (Å²) in [5.74, 6) is -1.43. The maximum absolute atomic E-state index is 12.8. The minimum atomic E-state index is -4.58. The van der Waals surface area contributed by atoms with Crippen molar-refractivity contribution in [1.82, 2.24) is 0 Å². The average Bonchev–Trinajstić information content (AvgIpc) is 2.55. The van der Waals surface area contributed by atoms with Crippen molar-refractivity contribution in [2.24, 2.45) is 0 Å². The van der Waals surface area contributed by atoms with Crippen LogP contribution in [0.15, 0.2) is 40.9 Å². The van der Waals surface area contributed by atoms with E-state index in [1.807, 2.05) is 0 Å². The van der Waals surface area contributed by atoms with Crippen molar-refractivity contribution in [2.75, 3.05) is 5.32 Å². The van der Waals surface area contributed by atoms with Crippen LogP contribution in [-0.2, 0) is 22.1 Å². The Kier molecular flexibility index (Phi) is 4.98. The number of hydrogen-bond donors (Lipinski definition) is 1. The summed E-state index contributed by atoms with van der Waals surface area (Å²) in [6.07, 6.45) is -5.65. The van der Waals surface area contributed by atoms with E-state index in [-0.39, 0.29) is 17.1 Å². The molecule has 4 nitrogen and oxygen atoms in total. The molecule has 1 unspecified atom stereocenters. The van der Waals surface area contributed by atoms with Gasteiger partial charge < -0.3 is 10.1 Å². The Bertz CT molecular complexity index is 901. The number of rotatable bonds is 2. The number of alkyl halides is 3. The zero-order chi connectivity index (χ0) is 19.1. The molecule has 26 heavy (non-hydrogen) atoms. The average molecular weight is 449 g/mol. The number of hydrogen-bond acceptors (Lipinski definition) is 3. The molecular weight excluding hydrogens is 439 g/mol. The number of anilines is 1. The zero-order valence-corrected chi connectivity index (χ0v) is 15.2. The summed E-state index contributed by atoms with van der Waals surface area (Å²) in [4.78, 5) is 24.4. The Morgan fingerprint density at radius 2 is 1.96 bits per heavy atom. The summed E-state index contributed by atoms with van der Waals surface area (Å²) < 4.78 is 44.3. The highest BCUT2D eigenvalue weighted by atomic mass is 79.9. The summed E-state index contributed by atoms with van der Waals surface area (Å²) >= 11 is 9.14. The second-order valence-corrected chi connectivity index (χ2v) is 6.90. The zero-order valence-electron chi connectivity index (χ0n) is 12.9. The molecule has 1 N–H and O–H groups in total. The SMILES string of the molecule is O=C1OC(C(=O)Nc2cc(C(F)(F)F)ccc2Cl)Cc2cc(Br)ccc21. The molecule has 3 rings (SSSR count). The molecule has 2 aromatic carbocycles. The molecule has 1 aliphatic rings. The summed E-state index contributed by atoms with van der Waals surface area (Å²) in [6, 6.07) is 7.51. The van der Waals surface area contributed by atoms with Crippen LogP contribution < -0.4 is 5.32 Å². The van der Waals surface area contributed by atoms with Gasteiger partial charge in [-0.3, -0.25) is 4.79 Å². The van der Waals surface area contributed by atoms with Gasteiger partial charge in [-0.25, -0.2) is 4.79 Å². The lowest BCUT2D eigenvalue weighted by molar-refractivity contribution is -0.137. The molecule has 0 radical (unpaired) electrons. The Labute approximate surface area is 159 Å². The Morgan fingerprint density at radius 1 is 1.23 bits per heavy atom. The number of cyclic esters (lactones) is 1. The largest absolute Gasteiger partial charge is 0.448 e. The lowest BCUT2D eigenvalue weighted by atomic mass is 9.98. The van der Waals surface area contributed by atoms with Gasteiger partial charge in [-0.2, -0.15) is 13.2 Å². The third-order valence-electron chi connectivity index (χ3n) is 3.79. The number of benzene rings is 2. The predicted molar refractivity (Wildman–Crippen MR) is 92.1 cm³/mol. The molecule has 2 aromatic rings. The van der Waals surface area contributed by atoms with Gasteiger partial charge in [0.15, 0.2) is 6.10 Å². The van der Waals surface area contributed by atoms with Crippen LogP contribution in [0.5, 0.6) is 0 Å². The molecule has 0 fully saturated rings. The fourth-order valence-electron chi connectivity index (χ4n) is 2.52. The van der Waals surface area contributed by atoms with Crippen molar-refractivity contribution in [1.29, 1.82) is 0 Å². The maximum atomic E-state index is 12.8. The van der Waals surface area contributed by atoms with E-state index in [0.29, 0.717) is 11.1 Å². The topological polar surface area (TPSA) is 55.4 Å². The highest BCUT2D eigenvalue weighted by Crippen LogP contribution is 2.34. The Hall–Kier alpha value is -2.06. The van der Waals surface area contributed by atoms with Crippen molar-refractivity contribution in [2.45, 2.75) is 18.7 Å². The first-order valence-corrected chi connectivity index (χ1v) is 8.49. The number of halogens is 5. The molecule has 0 saturated heterocycles. The van der Waals surface area contributed by atoms with E-state index in [9.17, 15) is 22.8 Å². The monoisotopic (exact) mass is 447 g/mol. The molecule has 0 aromatic heterocycles. The molecule has 9 heteroatoms. The molecule has 1 heterocycles. The van der Waals surface area contributed by atoms with Crippen LogP contribution >= 0.6 is 27.5 Å². The van der Waals surface area contributed by atoms with Crippen molar-refractivity contribution < 1.29 is 27.5 Å². The van der Waals surface area contributed by atoms with Crippen LogP contribution in [0.25, 0.3) is 0 Å². The van der Waals surface area contributed by atoms with Gasteiger partial charge in [-0.05, 0) is 42.0 Å². The second-order valence-electron chi connectivity index (χ2n) is 5.58. The number of esters is 1. The van der Waals surface area contributed by atoms with Gasteiger partial charge in [0, 0.05) is 10.9 Å². The third kappa shape index (κ3) is 3.86.